The number of thiazole rings is 1. The number of aromatic amines is 1. The van der Waals surface area contributed by atoms with Gasteiger partial charge < -0.3 is 9.72 Å². The van der Waals surface area contributed by atoms with Gasteiger partial charge in [0.05, 0.1) is 17.9 Å². The van der Waals surface area contributed by atoms with E-state index in [4.69, 9.17) is 4.74 Å². The molecule has 2 N–H and O–H groups in total. The van der Waals surface area contributed by atoms with Crippen molar-refractivity contribution in [3.8, 4) is 11.3 Å². The number of nitrogens with one attached hydrogen (secondary N) is 2. The lowest BCUT2D eigenvalue weighted by atomic mass is 9.90. The molecule has 0 unspecified atom stereocenters. The van der Waals surface area contributed by atoms with Crippen LogP contribution in [0.5, 0.6) is 0 Å². The molecule has 2 heterocycles. The Kier molecular flexibility index (Phi) is 5.72. The number of nitrogens with zero attached hydrogens (tertiary/aromatic N) is 1. The second-order valence-corrected chi connectivity index (χ2v) is 8.39. The number of carbonyl (C=O) groups is 2. The van der Waals surface area contributed by atoms with Crippen LogP contribution in [-0.2, 0) is 17.6 Å². The zero-order chi connectivity index (χ0) is 21.3. The van der Waals surface area contributed by atoms with Crippen LogP contribution in [0.1, 0.15) is 63.0 Å². The number of aryl methyl sites for hydroxylation is 3. The van der Waals surface area contributed by atoms with E-state index in [1.165, 1.54) is 35.3 Å². The highest BCUT2D eigenvalue weighted by atomic mass is 32.1. The third-order valence-electron chi connectivity index (χ3n) is 5.51. The van der Waals surface area contributed by atoms with Crippen molar-refractivity contribution in [1.29, 1.82) is 0 Å². The van der Waals surface area contributed by atoms with Gasteiger partial charge in [-0.3, -0.25) is 10.1 Å². The molecule has 0 saturated carbocycles. The number of benzene rings is 1. The third kappa shape index (κ3) is 3.89. The summed E-state index contributed by atoms with van der Waals surface area (Å²) in [6.45, 7) is 5.54. The molecular formula is C23H25N3O3S. The normalized spacial score (nSPS) is 13.0. The molecule has 1 amide bonds. The molecule has 3 aromatic rings. The number of anilines is 1. The Morgan fingerprint density at radius 2 is 1.97 bits per heavy atom. The summed E-state index contributed by atoms with van der Waals surface area (Å²) in [6, 6.07) is 6.53. The van der Waals surface area contributed by atoms with Gasteiger partial charge in [0.2, 0.25) is 0 Å². The van der Waals surface area contributed by atoms with Crippen LogP contribution in [0.4, 0.5) is 5.13 Å². The lowest BCUT2D eigenvalue weighted by Gasteiger charge is -2.16. The highest BCUT2D eigenvalue weighted by Crippen LogP contribution is 2.30. The van der Waals surface area contributed by atoms with E-state index in [1.54, 1.807) is 20.8 Å². The first kappa shape index (κ1) is 20.3. The predicted molar refractivity (Wildman–Crippen MR) is 118 cm³/mol. The molecular weight excluding hydrogens is 398 g/mol. The molecule has 0 aliphatic heterocycles. The third-order valence-corrected chi connectivity index (χ3v) is 6.27. The van der Waals surface area contributed by atoms with Gasteiger partial charge in [0.25, 0.3) is 5.91 Å². The molecule has 0 saturated heterocycles. The summed E-state index contributed by atoms with van der Waals surface area (Å²) in [5.41, 5.74) is 6.72. The van der Waals surface area contributed by atoms with Crippen molar-refractivity contribution < 1.29 is 14.3 Å². The predicted octanol–water partition coefficient (Wildman–Crippen LogP) is 5.06. The number of fused-ring (bicyclic) bond motifs is 1. The van der Waals surface area contributed by atoms with Crippen LogP contribution in [0.15, 0.2) is 23.6 Å². The number of rotatable bonds is 5. The van der Waals surface area contributed by atoms with E-state index in [9.17, 15) is 9.59 Å². The molecule has 4 rings (SSSR count). The van der Waals surface area contributed by atoms with Gasteiger partial charge in [-0.25, -0.2) is 9.78 Å². The zero-order valence-corrected chi connectivity index (χ0v) is 18.2. The van der Waals surface area contributed by atoms with Crippen molar-refractivity contribution >= 4 is 28.3 Å². The summed E-state index contributed by atoms with van der Waals surface area (Å²) < 4.78 is 5.09. The van der Waals surface area contributed by atoms with E-state index in [-0.39, 0.29) is 12.5 Å². The van der Waals surface area contributed by atoms with Gasteiger partial charge >= 0.3 is 5.97 Å². The van der Waals surface area contributed by atoms with E-state index >= 15 is 0 Å². The molecule has 30 heavy (non-hydrogen) atoms. The van der Waals surface area contributed by atoms with Gasteiger partial charge in [0.15, 0.2) is 5.13 Å². The van der Waals surface area contributed by atoms with Crippen molar-refractivity contribution in [2.75, 3.05) is 11.9 Å². The fourth-order valence-corrected chi connectivity index (χ4v) is 4.72. The van der Waals surface area contributed by atoms with Gasteiger partial charge in [-0.15, -0.1) is 11.3 Å². The fourth-order valence-electron chi connectivity index (χ4n) is 4.00. The maximum absolute atomic E-state index is 12.8. The number of hydrogen-bond donors (Lipinski definition) is 2. The number of esters is 1. The minimum atomic E-state index is -0.424. The highest BCUT2D eigenvalue weighted by molar-refractivity contribution is 7.14. The van der Waals surface area contributed by atoms with Crippen molar-refractivity contribution in [2.24, 2.45) is 0 Å². The van der Waals surface area contributed by atoms with Crippen molar-refractivity contribution in [1.82, 2.24) is 9.97 Å². The second kappa shape index (κ2) is 8.44. The van der Waals surface area contributed by atoms with Crippen LogP contribution in [0, 0.1) is 13.8 Å². The monoisotopic (exact) mass is 423 g/mol. The summed E-state index contributed by atoms with van der Waals surface area (Å²) in [7, 11) is 0. The van der Waals surface area contributed by atoms with Gasteiger partial charge in [-0.05, 0) is 69.2 Å². The van der Waals surface area contributed by atoms with E-state index in [0.29, 0.717) is 27.6 Å². The number of H-pyrrole nitrogens is 1. The minimum Gasteiger partial charge on any atom is -0.462 e. The number of amides is 1. The van der Waals surface area contributed by atoms with E-state index in [2.05, 4.69) is 33.5 Å². The quantitative estimate of drug-likeness (QED) is 0.562. The first-order valence-corrected chi connectivity index (χ1v) is 11.1. The van der Waals surface area contributed by atoms with Crippen LogP contribution in [0.25, 0.3) is 11.3 Å². The standard InChI is InChI=1S/C23H25N3O3S/c1-4-29-22(28)19-13(2)20(24-14(19)3)21(27)26-23-25-18(12-30-23)17-10-9-15-7-5-6-8-16(15)11-17/h9-12,24H,4-8H2,1-3H3,(H,25,26,27). The van der Waals surface area contributed by atoms with Crippen LogP contribution in [-0.4, -0.2) is 28.5 Å². The molecule has 0 fully saturated rings. The summed E-state index contributed by atoms with van der Waals surface area (Å²) in [6.07, 6.45) is 4.76. The molecule has 0 spiro atoms. The van der Waals surface area contributed by atoms with Crippen LogP contribution < -0.4 is 5.32 Å². The van der Waals surface area contributed by atoms with Gasteiger partial charge in [-0.2, -0.15) is 0 Å². The maximum Gasteiger partial charge on any atom is 0.340 e. The van der Waals surface area contributed by atoms with Crippen LogP contribution in [0.3, 0.4) is 0 Å². The molecule has 1 aliphatic rings. The average molecular weight is 424 g/mol. The maximum atomic E-state index is 12.8. The van der Waals surface area contributed by atoms with Crippen molar-refractivity contribution in [3.63, 3.8) is 0 Å². The molecule has 2 aromatic heterocycles. The number of hydrogen-bond acceptors (Lipinski definition) is 5. The summed E-state index contributed by atoms with van der Waals surface area (Å²) >= 11 is 1.39. The Morgan fingerprint density at radius 3 is 2.73 bits per heavy atom. The van der Waals surface area contributed by atoms with Crippen LogP contribution in [0.2, 0.25) is 0 Å². The zero-order valence-electron chi connectivity index (χ0n) is 17.4. The summed E-state index contributed by atoms with van der Waals surface area (Å²) in [5, 5.41) is 5.33. The highest BCUT2D eigenvalue weighted by Gasteiger charge is 2.23. The Labute approximate surface area is 179 Å². The van der Waals surface area contributed by atoms with E-state index in [1.807, 2.05) is 5.38 Å². The minimum absolute atomic E-state index is 0.287. The van der Waals surface area contributed by atoms with Gasteiger partial charge in [0, 0.05) is 16.6 Å². The Morgan fingerprint density at radius 1 is 1.20 bits per heavy atom. The lowest BCUT2D eigenvalue weighted by Crippen LogP contribution is -2.14. The molecule has 1 aliphatic carbocycles. The van der Waals surface area contributed by atoms with Gasteiger partial charge in [-0.1, -0.05) is 12.1 Å². The fraction of sp³-hybridized carbons (Fsp3) is 0.348. The molecule has 0 radical (unpaired) electrons. The number of carbonyl (C=O) groups excluding carboxylic acids is 2. The molecule has 7 heteroatoms. The van der Waals surface area contributed by atoms with Crippen LogP contribution >= 0.6 is 11.3 Å². The largest absolute Gasteiger partial charge is 0.462 e. The molecule has 6 nitrogen and oxygen atoms in total. The molecule has 0 atom stereocenters. The van der Waals surface area contributed by atoms with Crippen molar-refractivity contribution in [3.05, 3.63) is 57.2 Å². The number of aromatic nitrogens is 2. The summed E-state index contributed by atoms with van der Waals surface area (Å²) in [5.74, 6) is -0.746. The molecule has 1 aromatic carbocycles. The van der Waals surface area contributed by atoms with E-state index < -0.39 is 5.97 Å². The molecule has 0 bridgehead atoms. The summed E-state index contributed by atoms with van der Waals surface area (Å²) in [4.78, 5) is 32.6. The first-order valence-electron chi connectivity index (χ1n) is 10.2. The first-order chi connectivity index (χ1) is 14.5. The topological polar surface area (TPSA) is 84.1 Å². The Balaban J connectivity index is 1.52. The smallest absolute Gasteiger partial charge is 0.340 e. The Hall–Kier alpha value is -2.93. The van der Waals surface area contributed by atoms with Crippen molar-refractivity contribution in [2.45, 2.75) is 46.5 Å². The van der Waals surface area contributed by atoms with Gasteiger partial charge in [0.1, 0.15) is 5.69 Å². The Bertz CT molecular complexity index is 1110. The molecule has 156 valence electrons. The number of ether oxygens (including phenoxy) is 1. The second-order valence-electron chi connectivity index (χ2n) is 7.53. The average Bonchev–Trinajstić information content (AvgIpc) is 3.31. The SMILES string of the molecule is CCOC(=O)c1c(C)[nH]c(C(=O)Nc2nc(-c3ccc4c(c3)CCCC4)cs2)c1C. The lowest BCUT2D eigenvalue weighted by molar-refractivity contribution is 0.0525. The van der Waals surface area contributed by atoms with E-state index in [0.717, 1.165) is 24.1 Å².